The molecule has 2 aromatic carbocycles. The minimum atomic E-state index is -0.618. The monoisotopic (exact) mass is 410 g/mol. The number of carbonyl (C=O) groups excluding carboxylic acids is 2. The molecular formula is C23H23ClN2O3. The van der Waals surface area contributed by atoms with Crippen LogP contribution in [0.2, 0.25) is 5.02 Å². The molecule has 0 N–H and O–H groups in total. The molecule has 0 radical (unpaired) electrons. The van der Waals surface area contributed by atoms with Crippen LogP contribution >= 0.6 is 11.6 Å². The molecule has 1 aliphatic heterocycles. The van der Waals surface area contributed by atoms with E-state index in [1.807, 2.05) is 24.3 Å². The van der Waals surface area contributed by atoms with Crippen LogP contribution in [0.15, 0.2) is 53.5 Å². The first kappa shape index (κ1) is 19.6. The summed E-state index contributed by atoms with van der Waals surface area (Å²) in [6.07, 6.45) is 4.69. The van der Waals surface area contributed by atoms with Gasteiger partial charge in [-0.2, -0.15) is 0 Å². The smallest absolute Gasteiger partial charge is 0.275 e. The average molecular weight is 411 g/mol. The van der Waals surface area contributed by atoms with E-state index in [1.165, 1.54) is 0 Å². The fourth-order valence-corrected chi connectivity index (χ4v) is 4.29. The molecule has 0 bridgehead atoms. The molecule has 2 aromatic rings. The van der Waals surface area contributed by atoms with Gasteiger partial charge in [0.1, 0.15) is 17.1 Å². The van der Waals surface area contributed by atoms with E-state index >= 15 is 0 Å². The Morgan fingerprint density at radius 1 is 1.07 bits per heavy atom. The first-order chi connectivity index (χ1) is 14.0. The molecule has 0 aromatic heterocycles. The van der Waals surface area contributed by atoms with Gasteiger partial charge in [-0.25, -0.2) is 0 Å². The van der Waals surface area contributed by atoms with E-state index in [9.17, 15) is 9.59 Å². The maximum absolute atomic E-state index is 13.3. The third kappa shape index (κ3) is 3.79. The van der Waals surface area contributed by atoms with Gasteiger partial charge in [-0.3, -0.25) is 14.6 Å². The first-order valence-electron chi connectivity index (χ1n) is 9.87. The number of nitrogens with zero attached hydrogens (tertiary/aromatic N) is 2. The van der Waals surface area contributed by atoms with Crippen LogP contribution in [0.5, 0.6) is 5.75 Å². The maximum Gasteiger partial charge on any atom is 0.275 e. The predicted molar refractivity (Wildman–Crippen MR) is 113 cm³/mol. The molecule has 0 unspecified atom stereocenters. The Kier molecular flexibility index (Phi) is 5.41. The molecule has 0 atom stereocenters. The lowest BCUT2D eigenvalue weighted by molar-refractivity contribution is -0.128. The van der Waals surface area contributed by atoms with Crippen LogP contribution in [-0.4, -0.2) is 41.6 Å². The van der Waals surface area contributed by atoms with Gasteiger partial charge in [0.15, 0.2) is 5.78 Å². The molecule has 1 fully saturated rings. The molecule has 1 spiro atoms. The second-order valence-electron chi connectivity index (χ2n) is 7.55. The summed E-state index contributed by atoms with van der Waals surface area (Å²) in [5.41, 5.74) is 1.11. The molecular weight excluding hydrogens is 388 g/mol. The van der Waals surface area contributed by atoms with Crippen molar-refractivity contribution in [2.45, 2.75) is 37.8 Å². The lowest BCUT2D eigenvalue weighted by atomic mass is 9.88. The fourth-order valence-electron chi connectivity index (χ4n) is 4.16. The number of carbonyl (C=O) groups is 2. The standard InChI is InChI=1S/C23H23ClN2O3/c1-29-19-11-7-17(8-12-19)21-22(28)26(23(25-21)13-3-2-4-14-23)15-20(27)16-5-9-18(24)10-6-16/h5-12H,2-4,13-15H2,1H3. The number of Topliss-reactive ketones (excluding diaryl/α,β-unsaturated/α-hetero) is 1. The van der Waals surface area contributed by atoms with Crippen LogP contribution in [0, 0.1) is 0 Å². The Labute approximate surface area is 175 Å². The molecule has 150 valence electrons. The van der Waals surface area contributed by atoms with Crippen molar-refractivity contribution in [1.29, 1.82) is 0 Å². The van der Waals surface area contributed by atoms with Crippen LogP contribution in [-0.2, 0) is 4.79 Å². The van der Waals surface area contributed by atoms with E-state index in [0.29, 0.717) is 16.3 Å². The normalized spacial score (nSPS) is 18.1. The van der Waals surface area contributed by atoms with Gasteiger partial charge in [0.2, 0.25) is 0 Å². The summed E-state index contributed by atoms with van der Waals surface area (Å²) in [5, 5.41) is 0.577. The molecule has 2 aliphatic rings. The molecule has 1 aliphatic carbocycles. The number of ether oxygens (including phenoxy) is 1. The van der Waals surface area contributed by atoms with E-state index in [4.69, 9.17) is 21.3 Å². The highest BCUT2D eigenvalue weighted by molar-refractivity contribution is 6.47. The minimum Gasteiger partial charge on any atom is -0.497 e. The number of ketones is 1. The highest BCUT2D eigenvalue weighted by atomic mass is 35.5. The third-order valence-electron chi connectivity index (χ3n) is 5.76. The van der Waals surface area contributed by atoms with Gasteiger partial charge in [-0.1, -0.05) is 18.0 Å². The van der Waals surface area contributed by atoms with E-state index in [-0.39, 0.29) is 18.2 Å². The third-order valence-corrected chi connectivity index (χ3v) is 6.01. The molecule has 1 saturated carbocycles. The summed E-state index contributed by atoms with van der Waals surface area (Å²) < 4.78 is 5.21. The van der Waals surface area contributed by atoms with Crippen molar-refractivity contribution in [3.05, 3.63) is 64.7 Å². The molecule has 4 rings (SSSR count). The van der Waals surface area contributed by atoms with Gasteiger partial charge in [-0.15, -0.1) is 0 Å². The van der Waals surface area contributed by atoms with Crippen LogP contribution in [0.4, 0.5) is 0 Å². The second kappa shape index (κ2) is 7.99. The zero-order valence-corrected chi connectivity index (χ0v) is 17.1. The summed E-state index contributed by atoms with van der Waals surface area (Å²) in [6, 6.07) is 14.1. The van der Waals surface area contributed by atoms with E-state index in [1.54, 1.807) is 36.3 Å². The average Bonchev–Trinajstić information content (AvgIpc) is 3.00. The minimum absolute atomic E-state index is 0.0175. The zero-order valence-electron chi connectivity index (χ0n) is 16.4. The Morgan fingerprint density at radius 2 is 1.72 bits per heavy atom. The van der Waals surface area contributed by atoms with Crippen LogP contribution in [0.3, 0.4) is 0 Å². The number of amides is 1. The molecule has 1 amide bonds. The molecule has 0 saturated heterocycles. The van der Waals surface area contributed by atoms with Crippen molar-refractivity contribution in [1.82, 2.24) is 4.90 Å². The summed E-state index contributed by atoms with van der Waals surface area (Å²) in [6.45, 7) is 0.0175. The first-order valence-corrected chi connectivity index (χ1v) is 10.3. The Morgan fingerprint density at radius 3 is 2.34 bits per heavy atom. The number of rotatable bonds is 5. The van der Waals surface area contributed by atoms with Gasteiger partial charge in [-0.05, 0) is 74.2 Å². The Bertz CT molecular complexity index is 945. The summed E-state index contributed by atoms with van der Waals surface area (Å²) in [7, 11) is 1.61. The van der Waals surface area contributed by atoms with Gasteiger partial charge >= 0.3 is 0 Å². The van der Waals surface area contributed by atoms with Crippen LogP contribution in [0.1, 0.15) is 48.0 Å². The van der Waals surface area contributed by atoms with E-state index in [0.717, 1.165) is 43.4 Å². The largest absolute Gasteiger partial charge is 0.497 e. The van der Waals surface area contributed by atoms with E-state index < -0.39 is 5.66 Å². The fraction of sp³-hybridized carbons (Fsp3) is 0.348. The quantitative estimate of drug-likeness (QED) is 0.681. The van der Waals surface area contributed by atoms with Crippen molar-refractivity contribution in [3.63, 3.8) is 0 Å². The lowest BCUT2D eigenvalue weighted by Gasteiger charge is -2.38. The summed E-state index contributed by atoms with van der Waals surface area (Å²) >= 11 is 5.93. The van der Waals surface area contributed by atoms with Crippen molar-refractivity contribution in [2.75, 3.05) is 13.7 Å². The van der Waals surface area contributed by atoms with Crippen molar-refractivity contribution >= 4 is 29.0 Å². The predicted octanol–water partition coefficient (Wildman–Crippen LogP) is 4.52. The summed E-state index contributed by atoms with van der Waals surface area (Å²) in [5.74, 6) is 0.437. The number of hydrogen-bond acceptors (Lipinski definition) is 4. The second-order valence-corrected chi connectivity index (χ2v) is 7.99. The Hall–Kier alpha value is -2.66. The van der Waals surface area contributed by atoms with Crippen molar-refractivity contribution < 1.29 is 14.3 Å². The summed E-state index contributed by atoms with van der Waals surface area (Å²) in [4.78, 5) is 32.8. The maximum atomic E-state index is 13.3. The van der Waals surface area contributed by atoms with Crippen LogP contribution in [0.25, 0.3) is 0 Å². The van der Waals surface area contributed by atoms with Gasteiger partial charge in [0.25, 0.3) is 5.91 Å². The highest BCUT2D eigenvalue weighted by Crippen LogP contribution is 2.39. The van der Waals surface area contributed by atoms with E-state index in [2.05, 4.69) is 0 Å². The highest BCUT2D eigenvalue weighted by Gasteiger charge is 2.48. The number of aliphatic imine (C=N–C) groups is 1. The zero-order chi connectivity index (χ0) is 20.4. The molecule has 29 heavy (non-hydrogen) atoms. The molecule has 1 heterocycles. The van der Waals surface area contributed by atoms with Gasteiger partial charge in [0, 0.05) is 16.1 Å². The number of benzene rings is 2. The number of halogens is 1. The lowest BCUT2D eigenvalue weighted by Crippen LogP contribution is -2.50. The van der Waals surface area contributed by atoms with Crippen LogP contribution < -0.4 is 4.74 Å². The number of hydrogen-bond donors (Lipinski definition) is 0. The Balaban J connectivity index is 1.64. The topological polar surface area (TPSA) is 59.0 Å². The van der Waals surface area contributed by atoms with Crippen molar-refractivity contribution in [3.8, 4) is 5.75 Å². The SMILES string of the molecule is COc1ccc(C2=NC3(CCCCC3)N(CC(=O)c3ccc(Cl)cc3)C2=O)cc1. The molecule has 6 heteroatoms. The van der Waals surface area contributed by atoms with Gasteiger partial charge < -0.3 is 9.64 Å². The van der Waals surface area contributed by atoms with Gasteiger partial charge in [0.05, 0.1) is 13.7 Å². The van der Waals surface area contributed by atoms with Crippen molar-refractivity contribution in [2.24, 2.45) is 4.99 Å². The number of methoxy groups -OCH3 is 1. The molecule has 5 nitrogen and oxygen atoms in total.